The van der Waals surface area contributed by atoms with Gasteiger partial charge in [0, 0.05) is 0 Å². The van der Waals surface area contributed by atoms with E-state index >= 15 is 0 Å². The summed E-state index contributed by atoms with van der Waals surface area (Å²) in [5, 5.41) is 27.4. The molecular formula is C17H14O6. The number of carbonyl (C=O) groups is 3. The lowest BCUT2D eigenvalue weighted by Crippen LogP contribution is -2.08. The second kappa shape index (κ2) is 5.92. The van der Waals surface area contributed by atoms with Crippen molar-refractivity contribution in [3.8, 4) is 11.1 Å². The van der Waals surface area contributed by atoms with Crippen molar-refractivity contribution in [1.29, 1.82) is 0 Å². The SMILES string of the molecule is Cc1cc(-c2ccc(C(=O)O)c(C(=O)O)c2)cc(C)c1C(=O)O. The predicted octanol–water partition coefficient (Wildman–Crippen LogP) is 3.07. The Bertz CT molecular complexity index is 812. The van der Waals surface area contributed by atoms with Crippen LogP contribution in [0.1, 0.15) is 42.2 Å². The Morgan fingerprint density at radius 3 is 1.65 bits per heavy atom. The Hall–Kier alpha value is -3.15. The lowest BCUT2D eigenvalue weighted by Gasteiger charge is -2.11. The average Bonchev–Trinajstić information content (AvgIpc) is 2.45. The molecule has 23 heavy (non-hydrogen) atoms. The summed E-state index contributed by atoms with van der Waals surface area (Å²) in [6.07, 6.45) is 0. The number of carboxylic acids is 3. The van der Waals surface area contributed by atoms with Crippen molar-refractivity contribution in [2.45, 2.75) is 13.8 Å². The molecule has 0 unspecified atom stereocenters. The Balaban J connectivity index is 2.64. The van der Waals surface area contributed by atoms with E-state index in [1.54, 1.807) is 26.0 Å². The van der Waals surface area contributed by atoms with Crippen molar-refractivity contribution in [2.75, 3.05) is 0 Å². The van der Waals surface area contributed by atoms with Gasteiger partial charge >= 0.3 is 17.9 Å². The summed E-state index contributed by atoms with van der Waals surface area (Å²) in [6, 6.07) is 7.29. The number of rotatable bonds is 4. The highest BCUT2D eigenvalue weighted by molar-refractivity contribution is 6.02. The lowest BCUT2D eigenvalue weighted by atomic mass is 9.93. The van der Waals surface area contributed by atoms with E-state index < -0.39 is 17.9 Å². The zero-order valence-electron chi connectivity index (χ0n) is 12.5. The van der Waals surface area contributed by atoms with E-state index in [1.807, 2.05) is 0 Å². The molecular weight excluding hydrogens is 300 g/mol. The van der Waals surface area contributed by atoms with E-state index in [-0.39, 0.29) is 16.7 Å². The van der Waals surface area contributed by atoms with Crippen molar-refractivity contribution >= 4 is 17.9 Å². The third-order valence-corrected chi connectivity index (χ3v) is 3.56. The zero-order valence-corrected chi connectivity index (χ0v) is 12.5. The Kier molecular flexibility index (Phi) is 4.18. The summed E-state index contributed by atoms with van der Waals surface area (Å²) in [4.78, 5) is 33.5. The molecule has 0 aliphatic rings. The zero-order chi connectivity index (χ0) is 17.3. The van der Waals surface area contributed by atoms with Crippen molar-refractivity contribution < 1.29 is 29.7 Å². The van der Waals surface area contributed by atoms with Crippen LogP contribution in [0.25, 0.3) is 11.1 Å². The molecule has 6 nitrogen and oxygen atoms in total. The van der Waals surface area contributed by atoms with E-state index in [9.17, 15) is 24.6 Å². The largest absolute Gasteiger partial charge is 0.478 e. The van der Waals surface area contributed by atoms with Crippen LogP contribution in [-0.4, -0.2) is 33.2 Å². The van der Waals surface area contributed by atoms with E-state index in [0.29, 0.717) is 22.3 Å². The highest BCUT2D eigenvalue weighted by Crippen LogP contribution is 2.27. The van der Waals surface area contributed by atoms with Crippen molar-refractivity contribution in [3.05, 3.63) is 58.1 Å². The number of aryl methyl sites for hydroxylation is 2. The molecule has 0 atom stereocenters. The van der Waals surface area contributed by atoms with E-state index in [1.165, 1.54) is 18.2 Å². The summed E-state index contributed by atoms with van der Waals surface area (Å²) in [7, 11) is 0. The van der Waals surface area contributed by atoms with Crippen LogP contribution in [0.5, 0.6) is 0 Å². The van der Waals surface area contributed by atoms with Gasteiger partial charge in [-0.2, -0.15) is 0 Å². The standard InChI is InChI=1S/C17H14O6/c1-8-5-11(6-9(2)14(8)17(22)23)10-3-4-12(15(18)19)13(7-10)16(20)21/h3-7H,1-2H3,(H,18,19)(H,20,21)(H,22,23). The molecule has 0 bridgehead atoms. The van der Waals surface area contributed by atoms with Crippen molar-refractivity contribution in [3.63, 3.8) is 0 Å². The second-order valence-corrected chi connectivity index (χ2v) is 5.16. The number of carboxylic acid groups (broad SMARTS) is 3. The van der Waals surface area contributed by atoms with Crippen molar-refractivity contribution in [1.82, 2.24) is 0 Å². The molecule has 0 aliphatic carbocycles. The van der Waals surface area contributed by atoms with Crippen LogP contribution in [0.3, 0.4) is 0 Å². The van der Waals surface area contributed by atoms with Gasteiger partial charge in [-0.15, -0.1) is 0 Å². The first-order chi connectivity index (χ1) is 10.7. The molecule has 6 heteroatoms. The van der Waals surface area contributed by atoms with Gasteiger partial charge in [0.2, 0.25) is 0 Å². The van der Waals surface area contributed by atoms with Gasteiger partial charge in [-0.05, 0) is 48.2 Å². The molecule has 0 aliphatic heterocycles. The summed E-state index contributed by atoms with van der Waals surface area (Å²) in [6.45, 7) is 3.31. The summed E-state index contributed by atoms with van der Waals surface area (Å²) < 4.78 is 0. The van der Waals surface area contributed by atoms with Crippen LogP contribution < -0.4 is 0 Å². The molecule has 2 aromatic carbocycles. The maximum atomic E-state index is 11.2. The van der Waals surface area contributed by atoms with Gasteiger partial charge in [0.1, 0.15) is 0 Å². The molecule has 2 aromatic rings. The van der Waals surface area contributed by atoms with Crippen LogP contribution in [-0.2, 0) is 0 Å². The normalized spacial score (nSPS) is 10.3. The molecule has 0 amide bonds. The fourth-order valence-corrected chi connectivity index (χ4v) is 2.55. The number of aromatic carboxylic acids is 3. The van der Waals surface area contributed by atoms with Gasteiger partial charge in [-0.3, -0.25) is 0 Å². The van der Waals surface area contributed by atoms with Crippen LogP contribution in [0.2, 0.25) is 0 Å². The minimum atomic E-state index is -1.33. The van der Waals surface area contributed by atoms with Crippen LogP contribution in [0, 0.1) is 13.8 Å². The van der Waals surface area contributed by atoms with Crippen molar-refractivity contribution in [2.24, 2.45) is 0 Å². The van der Waals surface area contributed by atoms with Crippen LogP contribution >= 0.6 is 0 Å². The van der Waals surface area contributed by atoms with Gasteiger partial charge in [0.15, 0.2) is 0 Å². The highest BCUT2D eigenvalue weighted by atomic mass is 16.4. The minimum Gasteiger partial charge on any atom is -0.478 e. The Morgan fingerprint density at radius 1 is 0.696 bits per heavy atom. The molecule has 0 spiro atoms. The van der Waals surface area contributed by atoms with Crippen LogP contribution in [0.4, 0.5) is 0 Å². The van der Waals surface area contributed by atoms with Crippen LogP contribution in [0.15, 0.2) is 30.3 Å². The molecule has 0 aromatic heterocycles. The first-order valence-electron chi connectivity index (χ1n) is 6.68. The third kappa shape index (κ3) is 3.06. The number of benzene rings is 2. The Morgan fingerprint density at radius 2 is 1.22 bits per heavy atom. The summed E-state index contributed by atoms with van der Waals surface area (Å²) in [5.41, 5.74) is 1.83. The minimum absolute atomic E-state index is 0.203. The van der Waals surface area contributed by atoms with Gasteiger partial charge in [0.25, 0.3) is 0 Å². The highest BCUT2D eigenvalue weighted by Gasteiger charge is 2.18. The fraction of sp³-hybridized carbons (Fsp3) is 0.118. The molecule has 0 saturated heterocycles. The molecule has 0 radical (unpaired) electrons. The van der Waals surface area contributed by atoms with Gasteiger partial charge in [-0.25, -0.2) is 14.4 Å². The smallest absolute Gasteiger partial charge is 0.336 e. The lowest BCUT2D eigenvalue weighted by molar-refractivity contribution is 0.0651. The third-order valence-electron chi connectivity index (χ3n) is 3.56. The Labute approximate surface area is 131 Å². The molecule has 0 fully saturated rings. The van der Waals surface area contributed by atoms with Gasteiger partial charge in [-0.1, -0.05) is 18.2 Å². The predicted molar refractivity (Wildman–Crippen MR) is 82.2 cm³/mol. The van der Waals surface area contributed by atoms with Gasteiger partial charge < -0.3 is 15.3 Å². The quantitative estimate of drug-likeness (QED) is 0.799. The first-order valence-corrected chi connectivity index (χ1v) is 6.68. The second-order valence-electron chi connectivity index (χ2n) is 5.16. The van der Waals surface area contributed by atoms with Gasteiger partial charge in [0.05, 0.1) is 16.7 Å². The van der Waals surface area contributed by atoms with E-state index in [2.05, 4.69) is 0 Å². The summed E-state index contributed by atoms with van der Waals surface area (Å²) in [5.74, 6) is -3.68. The first kappa shape index (κ1) is 16.2. The molecule has 3 N–H and O–H groups in total. The fourth-order valence-electron chi connectivity index (χ4n) is 2.55. The number of hydrogen-bond donors (Lipinski definition) is 3. The molecule has 2 rings (SSSR count). The topological polar surface area (TPSA) is 112 Å². The molecule has 0 saturated carbocycles. The molecule has 0 heterocycles. The maximum Gasteiger partial charge on any atom is 0.336 e. The molecule has 118 valence electrons. The monoisotopic (exact) mass is 314 g/mol. The average molecular weight is 314 g/mol. The van der Waals surface area contributed by atoms with E-state index in [4.69, 9.17) is 5.11 Å². The maximum absolute atomic E-state index is 11.2. The summed E-state index contributed by atoms with van der Waals surface area (Å²) >= 11 is 0. The van der Waals surface area contributed by atoms with E-state index in [0.717, 1.165) is 0 Å². The number of hydrogen-bond acceptors (Lipinski definition) is 3.